The monoisotopic (exact) mass is 364 g/mol. The first-order chi connectivity index (χ1) is 13.2. The molecule has 0 aliphatic carbocycles. The summed E-state index contributed by atoms with van der Waals surface area (Å²) < 4.78 is 13.6. The Kier molecular flexibility index (Phi) is 6.46. The highest BCUT2D eigenvalue weighted by atomic mass is 19.1. The minimum absolute atomic E-state index is 0.104. The topological polar surface area (TPSA) is 66.9 Å². The number of rotatable bonds is 8. The number of carbonyl (C=O) groups is 1. The van der Waals surface area contributed by atoms with Gasteiger partial charge in [0.25, 0.3) is 5.91 Å². The lowest BCUT2D eigenvalue weighted by molar-refractivity contribution is 0.0945. The van der Waals surface area contributed by atoms with E-state index in [4.69, 9.17) is 0 Å². The number of hydrogen-bond acceptors (Lipinski definition) is 4. The van der Waals surface area contributed by atoms with Gasteiger partial charge >= 0.3 is 0 Å². The molecular weight excluding hydrogens is 343 g/mol. The van der Waals surface area contributed by atoms with Gasteiger partial charge < -0.3 is 10.6 Å². The molecule has 0 fully saturated rings. The van der Waals surface area contributed by atoms with Gasteiger partial charge in [-0.3, -0.25) is 4.79 Å². The number of anilines is 1. The van der Waals surface area contributed by atoms with Crippen LogP contribution in [0.15, 0.2) is 67.0 Å². The minimum Gasteiger partial charge on any atom is -0.369 e. The van der Waals surface area contributed by atoms with Gasteiger partial charge in [0.2, 0.25) is 0 Å². The molecule has 3 rings (SSSR count). The first-order valence-corrected chi connectivity index (χ1v) is 8.84. The molecule has 0 atom stereocenters. The summed E-state index contributed by atoms with van der Waals surface area (Å²) in [7, 11) is 0. The summed E-state index contributed by atoms with van der Waals surface area (Å²) in [5.74, 6) is -0.117. The van der Waals surface area contributed by atoms with Crippen LogP contribution >= 0.6 is 0 Å². The molecule has 0 aliphatic heterocycles. The average molecular weight is 364 g/mol. The predicted octanol–water partition coefficient (Wildman–Crippen LogP) is 3.59. The summed E-state index contributed by atoms with van der Waals surface area (Å²) in [6.07, 6.45) is 4.89. The molecule has 0 aliphatic rings. The Morgan fingerprint density at radius 1 is 0.963 bits per heavy atom. The fraction of sp³-hybridized carbons (Fsp3) is 0.190. The van der Waals surface area contributed by atoms with Crippen molar-refractivity contribution in [3.63, 3.8) is 0 Å². The lowest BCUT2D eigenvalue weighted by Gasteiger charge is -2.07. The zero-order valence-electron chi connectivity index (χ0n) is 14.9. The van der Waals surface area contributed by atoms with Crippen LogP contribution in [-0.2, 0) is 13.0 Å². The molecule has 1 heterocycles. The Morgan fingerprint density at radius 2 is 1.74 bits per heavy atom. The number of carbonyl (C=O) groups excluding carboxylic acids is 1. The highest BCUT2D eigenvalue weighted by Gasteiger charge is 2.09. The van der Waals surface area contributed by atoms with Crippen LogP contribution < -0.4 is 10.6 Å². The predicted molar refractivity (Wildman–Crippen MR) is 103 cm³/mol. The molecule has 0 radical (unpaired) electrons. The maximum atomic E-state index is 13.6. The lowest BCUT2D eigenvalue weighted by Crippen LogP contribution is -2.24. The van der Waals surface area contributed by atoms with Crippen LogP contribution in [0.2, 0.25) is 0 Å². The van der Waals surface area contributed by atoms with Gasteiger partial charge in [-0.25, -0.2) is 14.4 Å². The first-order valence-electron chi connectivity index (χ1n) is 8.84. The molecule has 0 unspecified atom stereocenters. The summed E-state index contributed by atoms with van der Waals surface area (Å²) in [4.78, 5) is 20.4. The van der Waals surface area contributed by atoms with Crippen molar-refractivity contribution in [1.29, 1.82) is 0 Å². The van der Waals surface area contributed by atoms with E-state index < -0.39 is 0 Å². The van der Waals surface area contributed by atoms with Crippen LogP contribution in [0.3, 0.4) is 0 Å². The molecule has 1 amide bonds. The van der Waals surface area contributed by atoms with Crippen molar-refractivity contribution >= 4 is 11.7 Å². The van der Waals surface area contributed by atoms with Gasteiger partial charge in [-0.05, 0) is 24.5 Å². The third-order valence-corrected chi connectivity index (χ3v) is 4.07. The SMILES string of the molecule is O=C(NCc1ccccc1F)c1cnc(NCCCc2ccccc2)cn1. The fourth-order valence-corrected chi connectivity index (χ4v) is 2.60. The Morgan fingerprint density at radius 3 is 2.48 bits per heavy atom. The quantitative estimate of drug-likeness (QED) is 0.600. The van der Waals surface area contributed by atoms with E-state index in [0.29, 0.717) is 11.4 Å². The highest BCUT2D eigenvalue weighted by molar-refractivity contribution is 5.91. The highest BCUT2D eigenvalue weighted by Crippen LogP contribution is 2.07. The van der Waals surface area contributed by atoms with Crippen LogP contribution in [0.5, 0.6) is 0 Å². The van der Waals surface area contributed by atoms with Crippen LogP contribution in [0.25, 0.3) is 0 Å². The van der Waals surface area contributed by atoms with E-state index in [1.54, 1.807) is 18.2 Å². The van der Waals surface area contributed by atoms with Crippen LogP contribution in [0.4, 0.5) is 10.2 Å². The Balaban J connectivity index is 1.43. The van der Waals surface area contributed by atoms with E-state index >= 15 is 0 Å². The van der Waals surface area contributed by atoms with Gasteiger partial charge in [-0.2, -0.15) is 0 Å². The van der Waals surface area contributed by atoms with Crippen molar-refractivity contribution in [1.82, 2.24) is 15.3 Å². The Hall–Kier alpha value is -3.28. The summed E-state index contributed by atoms with van der Waals surface area (Å²) in [5.41, 5.74) is 1.92. The molecule has 0 saturated heterocycles. The fourth-order valence-electron chi connectivity index (χ4n) is 2.60. The number of hydrogen-bond donors (Lipinski definition) is 2. The number of benzene rings is 2. The van der Waals surface area contributed by atoms with Crippen molar-refractivity contribution < 1.29 is 9.18 Å². The molecule has 5 nitrogen and oxygen atoms in total. The van der Waals surface area contributed by atoms with E-state index in [1.165, 1.54) is 24.0 Å². The maximum absolute atomic E-state index is 13.6. The van der Waals surface area contributed by atoms with E-state index in [2.05, 4.69) is 32.7 Å². The number of halogens is 1. The zero-order chi connectivity index (χ0) is 18.9. The van der Waals surface area contributed by atoms with Crippen molar-refractivity contribution in [3.8, 4) is 0 Å². The largest absolute Gasteiger partial charge is 0.369 e. The normalized spacial score (nSPS) is 10.4. The zero-order valence-corrected chi connectivity index (χ0v) is 14.9. The van der Waals surface area contributed by atoms with Gasteiger partial charge in [0.05, 0.1) is 12.4 Å². The molecule has 0 bridgehead atoms. The second-order valence-corrected chi connectivity index (χ2v) is 6.08. The molecule has 6 heteroatoms. The minimum atomic E-state index is -0.388. The smallest absolute Gasteiger partial charge is 0.271 e. The van der Waals surface area contributed by atoms with E-state index in [0.717, 1.165) is 19.4 Å². The number of aryl methyl sites for hydroxylation is 1. The molecule has 3 aromatic rings. The van der Waals surface area contributed by atoms with E-state index in [-0.39, 0.29) is 24.0 Å². The maximum Gasteiger partial charge on any atom is 0.271 e. The van der Waals surface area contributed by atoms with Gasteiger partial charge in [0, 0.05) is 18.7 Å². The lowest BCUT2D eigenvalue weighted by atomic mass is 10.1. The van der Waals surface area contributed by atoms with Gasteiger partial charge in [0.1, 0.15) is 17.3 Å². The van der Waals surface area contributed by atoms with Gasteiger partial charge in [-0.1, -0.05) is 48.5 Å². The number of amides is 1. The molecule has 2 N–H and O–H groups in total. The standard InChI is InChI=1S/C21H21FN4O/c22-18-11-5-4-10-17(18)13-26-21(27)19-14-25-20(15-24-19)23-12-6-9-16-7-2-1-3-8-16/h1-5,7-8,10-11,14-15H,6,9,12-13H2,(H,23,25)(H,26,27). The van der Waals surface area contributed by atoms with Crippen molar-refractivity contribution in [2.45, 2.75) is 19.4 Å². The first kappa shape index (κ1) is 18.5. The van der Waals surface area contributed by atoms with Crippen LogP contribution in [0, 0.1) is 5.82 Å². The molecule has 138 valence electrons. The summed E-state index contributed by atoms with van der Waals surface area (Å²) in [6, 6.07) is 16.6. The molecule has 1 aromatic heterocycles. The summed E-state index contributed by atoms with van der Waals surface area (Å²) in [6.45, 7) is 0.870. The molecule has 27 heavy (non-hydrogen) atoms. The number of aromatic nitrogens is 2. The third-order valence-electron chi connectivity index (χ3n) is 4.07. The molecular formula is C21H21FN4O. The number of nitrogens with zero attached hydrogens (tertiary/aromatic N) is 2. The van der Waals surface area contributed by atoms with Crippen LogP contribution in [-0.4, -0.2) is 22.4 Å². The molecule has 0 saturated carbocycles. The Labute approximate surface area is 157 Å². The second kappa shape index (κ2) is 9.43. The van der Waals surface area contributed by atoms with Crippen molar-refractivity contribution in [3.05, 3.63) is 89.6 Å². The second-order valence-electron chi connectivity index (χ2n) is 6.08. The molecule has 0 spiro atoms. The van der Waals surface area contributed by atoms with E-state index in [9.17, 15) is 9.18 Å². The third kappa shape index (κ3) is 5.60. The van der Waals surface area contributed by atoms with Crippen molar-refractivity contribution in [2.75, 3.05) is 11.9 Å². The van der Waals surface area contributed by atoms with Crippen molar-refractivity contribution in [2.24, 2.45) is 0 Å². The molecule has 2 aromatic carbocycles. The average Bonchev–Trinajstić information content (AvgIpc) is 2.72. The van der Waals surface area contributed by atoms with Crippen LogP contribution in [0.1, 0.15) is 28.0 Å². The number of nitrogens with one attached hydrogen (secondary N) is 2. The van der Waals surface area contributed by atoms with Gasteiger partial charge in [-0.15, -0.1) is 0 Å². The Bertz CT molecular complexity index is 869. The van der Waals surface area contributed by atoms with Gasteiger partial charge in [0.15, 0.2) is 0 Å². The van der Waals surface area contributed by atoms with E-state index in [1.807, 2.05) is 18.2 Å². The summed E-state index contributed by atoms with van der Waals surface area (Å²) >= 11 is 0. The summed E-state index contributed by atoms with van der Waals surface area (Å²) in [5, 5.41) is 5.84.